The molecular formula is C37H37N5O5. The summed E-state index contributed by atoms with van der Waals surface area (Å²) in [4.78, 5) is 37.0. The number of ether oxygens (including phenoxy) is 3. The number of para-hydroxylation sites is 1. The van der Waals surface area contributed by atoms with Crippen LogP contribution in [-0.2, 0) is 6.61 Å². The first kappa shape index (κ1) is 32.6. The molecular weight excluding hydrogens is 594 g/mol. The molecule has 4 aromatic carbocycles. The van der Waals surface area contributed by atoms with Crippen molar-refractivity contribution in [1.82, 2.24) is 9.97 Å². The van der Waals surface area contributed by atoms with Crippen LogP contribution in [0, 0.1) is 6.92 Å². The molecule has 0 aliphatic heterocycles. The van der Waals surface area contributed by atoms with Crippen molar-refractivity contribution in [3.63, 3.8) is 0 Å². The van der Waals surface area contributed by atoms with E-state index in [1.807, 2.05) is 49.4 Å². The highest BCUT2D eigenvalue weighted by Crippen LogP contribution is 2.33. The molecule has 3 N–H and O–H groups in total. The second-order valence-corrected chi connectivity index (χ2v) is 10.7. The van der Waals surface area contributed by atoms with Gasteiger partial charge in [0.2, 0.25) is 0 Å². The van der Waals surface area contributed by atoms with E-state index in [2.05, 4.69) is 15.3 Å². The van der Waals surface area contributed by atoms with Crippen molar-refractivity contribution < 1.29 is 23.8 Å². The lowest BCUT2D eigenvalue weighted by Crippen LogP contribution is -2.27. The summed E-state index contributed by atoms with van der Waals surface area (Å²) in [5.41, 5.74) is 10.2. The molecule has 2 amide bonds. The van der Waals surface area contributed by atoms with E-state index in [9.17, 15) is 9.59 Å². The SMILES string of the molecule is COc1cc(C(=O)N(C)c2ccc(C)cc2OCc2ccc(-c3ncccn3)cc2)ccc1NC(=O)c1ccccc1OCCCN. The minimum Gasteiger partial charge on any atom is -0.495 e. The maximum Gasteiger partial charge on any atom is 0.259 e. The number of amides is 2. The molecule has 0 saturated heterocycles. The summed E-state index contributed by atoms with van der Waals surface area (Å²) in [5, 5.41) is 2.88. The number of carbonyl (C=O) groups is 2. The minimum absolute atomic E-state index is 0.277. The van der Waals surface area contributed by atoms with Gasteiger partial charge in [-0.25, -0.2) is 9.97 Å². The number of carbonyl (C=O) groups excluding carboxylic acids is 2. The highest BCUT2D eigenvalue weighted by atomic mass is 16.5. The number of benzene rings is 4. The third-order valence-corrected chi connectivity index (χ3v) is 7.39. The summed E-state index contributed by atoms with van der Waals surface area (Å²) in [6.45, 7) is 3.16. The lowest BCUT2D eigenvalue weighted by Gasteiger charge is -2.22. The van der Waals surface area contributed by atoms with Crippen molar-refractivity contribution in [2.75, 3.05) is 37.5 Å². The molecule has 10 nitrogen and oxygen atoms in total. The zero-order valence-electron chi connectivity index (χ0n) is 26.6. The highest BCUT2D eigenvalue weighted by Gasteiger charge is 2.21. The molecule has 5 rings (SSSR count). The topological polar surface area (TPSA) is 129 Å². The number of nitrogens with zero attached hydrogens (tertiary/aromatic N) is 3. The van der Waals surface area contributed by atoms with Crippen LogP contribution >= 0.6 is 0 Å². The second-order valence-electron chi connectivity index (χ2n) is 10.7. The fourth-order valence-corrected chi connectivity index (χ4v) is 4.84. The Morgan fingerprint density at radius 2 is 1.62 bits per heavy atom. The van der Waals surface area contributed by atoms with Gasteiger partial charge in [0, 0.05) is 30.6 Å². The number of aryl methyl sites for hydroxylation is 1. The molecule has 0 atom stereocenters. The molecule has 10 heteroatoms. The summed E-state index contributed by atoms with van der Waals surface area (Å²) < 4.78 is 17.6. The van der Waals surface area contributed by atoms with Crippen LogP contribution in [0.1, 0.15) is 38.3 Å². The van der Waals surface area contributed by atoms with Crippen molar-refractivity contribution in [3.05, 3.63) is 126 Å². The van der Waals surface area contributed by atoms with Gasteiger partial charge >= 0.3 is 0 Å². The Labute approximate surface area is 274 Å². The summed E-state index contributed by atoms with van der Waals surface area (Å²) >= 11 is 0. The van der Waals surface area contributed by atoms with Gasteiger partial charge in [-0.2, -0.15) is 0 Å². The molecule has 0 fully saturated rings. The van der Waals surface area contributed by atoms with E-state index in [1.54, 1.807) is 68.0 Å². The van der Waals surface area contributed by atoms with E-state index in [0.717, 1.165) is 16.7 Å². The molecule has 0 radical (unpaired) electrons. The number of rotatable bonds is 13. The molecule has 0 aliphatic rings. The molecule has 47 heavy (non-hydrogen) atoms. The molecule has 1 heterocycles. The number of aromatic nitrogens is 2. The first-order valence-electron chi connectivity index (χ1n) is 15.2. The summed E-state index contributed by atoms with van der Waals surface area (Å²) in [6, 6.07) is 27.2. The minimum atomic E-state index is -0.368. The zero-order chi connectivity index (χ0) is 33.2. The van der Waals surface area contributed by atoms with Crippen molar-refractivity contribution >= 4 is 23.2 Å². The van der Waals surface area contributed by atoms with Crippen LogP contribution in [0.2, 0.25) is 0 Å². The predicted molar refractivity (Wildman–Crippen MR) is 182 cm³/mol. The number of nitrogens with two attached hydrogens (primary N) is 1. The highest BCUT2D eigenvalue weighted by molar-refractivity contribution is 6.09. The smallest absolute Gasteiger partial charge is 0.259 e. The normalized spacial score (nSPS) is 10.6. The molecule has 0 saturated carbocycles. The Morgan fingerprint density at radius 1 is 0.851 bits per heavy atom. The van der Waals surface area contributed by atoms with Gasteiger partial charge in [0.1, 0.15) is 23.9 Å². The van der Waals surface area contributed by atoms with E-state index < -0.39 is 0 Å². The fourth-order valence-electron chi connectivity index (χ4n) is 4.84. The Morgan fingerprint density at radius 3 is 2.36 bits per heavy atom. The van der Waals surface area contributed by atoms with Crippen LogP contribution < -0.4 is 30.2 Å². The van der Waals surface area contributed by atoms with E-state index >= 15 is 0 Å². The van der Waals surface area contributed by atoms with Gasteiger partial charge in [-0.1, -0.05) is 42.5 Å². The van der Waals surface area contributed by atoms with E-state index in [0.29, 0.717) is 71.8 Å². The Balaban J connectivity index is 1.29. The molecule has 5 aromatic rings. The van der Waals surface area contributed by atoms with Crippen molar-refractivity contribution in [2.45, 2.75) is 20.0 Å². The van der Waals surface area contributed by atoms with Crippen molar-refractivity contribution in [3.8, 4) is 28.6 Å². The first-order chi connectivity index (χ1) is 22.9. The van der Waals surface area contributed by atoms with Gasteiger partial charge in [0.25, 0.3) is 11.8 Å². The molecule has 240 valence electrons. The standard InChI is InChI=1S/C37H37N5O5/c1-25-10-17-31(34(22-25)47-24-26-11-13-27(14-12-26)35-39-19-7-20-40-35)42(2)37(44)28-15-16-30(33(23-28)45-3)41-36(43)29-8-4-5-9-32(29)46-21-6-18-38/h4-5,7-17,19-20,22-23H,6,18,21,24,38H2,1-3H3,(H,41,43). The van der Waals surface area contributed by atoms with E-state index in [-0.39, 0.29) is 11.8 Å². The van der Waals surface area contributed by atoms with Gasteiger partial charge in [0.05, 0.1) is 30.7 Å². The zero-order valence-corrected chi connectivity index (χ0v) is 26.6. The predicted octanol–water partition coefficient (Wildman–Crippen LogP) is 6.30. The van der Waals surface area contributed by atoms with Crippen molar-refractivity contribution in [1.29, 1.82) is 0 Å². The quantitative estimate of drug-likeness (QED) is 0.145. The number of hydrogen-bond donors (Lipinski definition) is 2. The first-order valence-corrected chi connectivity index (χ1v) is 15.2. The average molecular weight is 632 g/mol. The molecule has 1 aromatic heterocycles. The van der Waals surface area contributed by atoms with Crippen molar-refractivity contribution in [2.24, 2.45) is 5.73 Å². The van der Waals surface area contributed by atoms with Gasteiger partial charge in [-0.05, 0) is 79.5 Å². The maximum absolute atomic E-state index is 13.7. The van der Waals surface area contributed by atoms with Crippen LogP contribution in [0.25, 0.3) is 11.4 Å². The van der Waals surface area contributed by atoms with E-state index in [4.69, 9.17) is 19.9 Å². The van der Waals surface area contributed by atoms with Crippen LogP contribution in [0.15, 0.2) is 103 Å². The van der Waals surface area contributed by atoms with Crippen LogP contribution in [0.3, 0.4) is 0 Å². The number of methoxy groups -OCH3 is 1. The van der Waals surface area contributed by atoms with Crippen LogP contribution in [0.4, 0.5) is 11.4 Å². The lowest BCUT2D eigenvalue weighted by molar-refractivity contribution is 0.0990. The summed E-state index contributed by atoms with van der Waals surface area (Å²) in [7, 11) is 3.18. The number of anilines is 2. The average Bonchev–Trinajstić information content (AvgIpc) is 3.11. The molecule has 0 unspecified atom stereocenters. The third-order valence-electron chi connectivity index (χ3n) is 7.39. The van der Waals surface area contributed by atoms with Gasteiger partial charge in [-0.15, -0.1) is 0 Å². The summed E-state index contributed by atoms with van der Waals surface area (Å²) in [6.07, 6.45) is 4.09. The number of nitrogens with one attached hydrogen (secondary N) is 1. The monoisotopic (exact) mass is 631 g/mol. The van der Waals surface area contributed by atoms with E-state index in [1.165, 1.54) is 12.0 Å². The lowest BCUT2D eigenvalue weighted by atomic mass is 10.1. The Hall–Kier alpha value is -5.74. The van der Waals surface area contributed by atoms with Gasteiger partial charge in [-0.3, -0.25) is 9.59 Å². The van der Waals surface area contributed by atoms with Gasteiger partial charge in [0.15, 0.2) is 5.82 Å². The Kier molecular flexibility index (Phi) is 10.8. The van der Waals surface area contributed by atoms with Gasteiger partial charge < -0.3 is 30.2 Å². The largest absolute Gasteiger partial charge is 0.495 e. The fraction of sp³-hybridized carbons (Fsp3) is 0.189. The Bertz CT molecular complexity index is 1830. The summed E-state index contributed by atoms with van der Waals surface area (Å²) in [5.74, 6) is 1.37. The van der Waals surface area contributed by atoms with Crippen LogP contribution in [-0.4, -0.2) is 49.1 Å². The number of hydrogen-bond acceptors (Lipinski definition) is 8. The molecule has 0 aliphatic carbocycles. The molecule has 0 spiro atoms. The third kappa shape index (κ3) is 8.11. The maximum atomic E-state index is 13.7. The molecule has 0 bridgehead atoms. The second kappa shape index (κ2) is 15.5. The van der Waals surface area contributed by atoms with Crippen LogP contribution in [0.5, 0.6) is 17.2 Å².